The molecule has 0 amide bonds. The topological polar surface area (TPSA) is 47.9 Å². The van der Waals surface area contributed by atoms with Gasteiger partial charge in [0, 0.05) is 5.56 Å². The zero-order valence-electron chi connectivity index (χ0n) is 11.9. The minimum atomic E-state index is -0.478. The summed E-state index contributed by atoms with van der Waals surface area (Å²) >= 11 is 0. The van der Waals surface area contributed by atoms with Gasteiger partial charge in [0.25, 0.3) is 0 Å². The molecule has 0 bridgehead atoms. The molecule has 4 nitrogen and oxygen atoms in total. The SMILES string of the molecule is O=C1OC[C@@H]2[C@H]1N=C(c1ccccc1)O[C@H]2c1ccccc1. The van der Waals surface area contributed by atoms with Crippen molar-refractivity contribution in [3.05, 3.63) is 71.8 Å². The van der Waals surface area contributed by atoms with E-state index in [1.165, 1.54) is 0 Å². The molecule has 0 unspecified atom stereocenters. The van der Waals surface area contributed by atoms with Crippen molar-refractivity contribution in [1.29, 1.82) is 0 Å². The summed E-state index contributed by atoms with van der Waals surface area (Å²) in [6, 6.07) is 19.1. The first kappa shape index (κ1) is 13.1. The number of esters is 1. The largest absolute Gasteiger partial charge is 0.469 e. The lowest BCUT2D eigenvalue weighted by Crippen LogP contribution is -2.35. The Bertz CT molecular complexity index is 712. The van der Waals surface area contributed by atoms with Crippen LogP contribution in [-0.2, 0) is 14.3 Å². The molecule has 0 radical (unpaired) electrons. The Morgan fingerprint density at radius 2 is 1.64 bits per heavy atom. The summed E-state index contributed by atoms with van der Waals surface area (Å²) in [5.74, 6) is 0.180. The highest BCUT2D eigenvalue weighted by Gasteiger charge is 2.47. The van der Waals surface area contributed by atoms with E-state index in [1.807, 2.05) is 60.7 Å². The van der Waals surface area contributed by atoms with E-state index in [2.05, 4.69) is 4.99 Å². The van der Waals surface area contributed by atoms with Gasteiger partial charge in [0.2, 0.25) is 5.90 Å². The maximum atomic E-state index is 12.0. The molecule has 2 aromatic rings. The minimum Gasteiger partial charge on any atom is -0.469 e. The molecule has 0 saturated carbocycles. The molecule has 22 heavy (non-hydrogen) atoms. The maximum absolute atomic E-state index is 12.0. The molecule has 1 saturated heterocycles. The molecule has 2 aliphatic rings. The van der Waals surface area contributed by atoms with E-state index >= 15 is 0 Å². The van der Waals surface area contributed by atoms with Crippen molar-refractivity contribution in [3.63, 3.8) is 0 Å². The van der Waals surface area contributed by atoms with E-state index in [-0.39, 0.29) is 18.0 Å². The Balaban J connectivity index is 1.76. The predicted octanol–water partition coefficient (Wildman–Crippen LogP) is 2.75. The highest BCUT2D eigenvalue weighted by Crippen LogP contribution is 2.38. The van der Waals surface area contributed by atoms with Crippen molar-refractivity contribution in [3.8, 4) is 0 Å². The highest BCUT2D eigenvalue weighted by molar-refractivity contribution is 5.97. The lowest BCUT2D eigenvalue weighted by molar-refractivity contribution is -0.139. The quantitative estimate of drug-likeness (QED) is 0.800. The molecule has 0 aliphatic carbocycles. The van der Waals surface area contributed by atoms with Crippen LogP contribution >= 0.6 is 0 Å². The van der Waals surface area contributed by atoms with Crippen LogP contribution in [-0.4, -0.2) is 24.5 Å². The molecule has 3 atom stereocenters. The van der Waals surface area contributed by atoms with E-state index in [1.54, 1.807) is 0 Å². The Morgan fingerprint density at radius 3 is 2.36 bits per heavy atom. The number of hydrogen-bond acceptors (Lipinski definition) is 4. The van der Waals surface area contributed by atoms with Crippen molar-refractivity contribution in [2.24, 2.45) is 10.9 Å². The summed E-state index contributed by atoms with van der Waals surface area (Å²) in [5.41, 5.74) is 1.92. The van der Waals surface area contributed by atoms with Crippen molar-refractivity contribution in [2.75, 3.05) is 6.61 Å². The first-order valence-electron chi connectivity index (χ1n) is 7.34. The van der Waals surface area contributed by atoms with E-state index in [0.717, 1.165) is 11.1 Å². The average molecular weight is 293 g/mol. The molecule has 0 spiro atoms. The van der Waals surface area contributed by atoms with Crippen LogP contribution in [0.5, 0.6) is 0 Å². The van der Waals surface area contributed by atoms with Crippen LogP contribution in [0.15, 0.2) is 65.7 Å². The molecular weight excluding hydrogens is 278 g/mol. The summed E-state index contributed by atoms with van der Waals surface area (Å²) in [4.78, 5) is 16.5. The van der Waals surface area contributed by atoms with Crippen molar-refractivity contribution in [1.82, 2.24) is 0 Å². The first-order chi connectivity index (χ1) is 10.8. The van der Waals surface area contributed by atoms with E-state index < -0.39 is 6.04 Å². The number of fused-ring (bicyclic) bond motifs is 1. The number of nitrogens with zero attached hydrogens (tertiary/aromatic N) is 1. The van der Waals surface area contributed by atoms with Gasteiger partial charge >= 0.3 is 5.97 Å². The fourth-order valence-corrected chi connectivity index (χ4v) is 2.98. The van der Waals surface area contributed by atoms with Gasteiger partial charge in [0.05, 0.1) is 5.92 Å². The zero-order valence-corrected chi connectivity index (χ0v) is 11.9. The van der Waals surface area contributed by atoms with Crippen LogP contribution in [0.2, 0.25) is 0 Å². The molecule has 2 aliphatic heterocycles. The van der Waals surface area contributed by atoms with Crippen molar-refractivity contribution < 1.29 is 14.3 Å². The minimum absolute atomic E-state index is 0.0673. The molecule has 4 heteroatoms. The van der Waals surface area contributed by atoms with Gasteiger partial charge in [0.15, 0.2) is 6.04 Å². The number of carbonyl (C=O) groups excluding carboxylic acids is 1. The Labute approximate surface area is 128 Å². The second-order valence-electron chi connectivity index (χ2n) is 5.49. The molecule has 2 heterocycles. The standard InChI is InChI=1S/C18H15NO3/c20-18-15-14(11-21-18)16(12-7-3-1-4-8-12)22-17(19-15)13-9-5-2-6-10-13/h1-10,14-16H,11H2/t14-,15-,16+/m1/s1. The van der Waals surface area contributed by atoms with Gasteiger partial charge in [-0.05, 0) is 17.7 Å². The maximum Gasteiger partial charge on any atom is 0.331 e. The Morgan fingerprint density at radius 1 is 0.955 bits per heavy atom. The van der Waals surface area contributed by atoms with Gasteiger partial charge < -0.3 is 9.47 Å². The summed E-state index contributed by atoms with van der Waals surface area (Å²) in [6.45, 7) is 0.356. The lowest BCUT2D eigenvalue weighted by Gasteiger charge is -2.30. The van der Waals surface area contributed by atoms with E-state index in [0.29, 0.717) is 12.5 Å². The number of ether oxygens (including phenoxy) is 2. The number of hydrogen-bond donors (Lipinski definition) is 0. The lowest BCUT2D eigenvalue weighted by atomic mass is 9.90. The van der Waals surface area contributed by atoms with Gasteiger partial charge in [-0.2, -0.15) is 0 Å². The van der Waals surface area contributed by atoms with Gasteiger partial charge in [-0.3, -0.25) is 0 Å². The Hall–Kier alpha value is -2.62. The Kier molecular flexibility index (Phi) is 3.15. The third kappa shape index (κ3) is 2.17. The number of benzene rings is 2. The molecular formula is C18H15NO3. The van der Waals surface area contributed by atoms with E-state index in [4.69, 9.17) is 9.47 Å². The summed E-state index contributed by atoms with van der Waals surface area (Å²) in [5, 5.41) is 0. The third-order valence-electron chi connectivity index (χ3n) is 4.10. The summed E-state index contributed by atoms with van der Waals surface area (Å²) in [6.07, 6.45) is -0.217. The smallest absolute Gasteiger partial charge is 0.331 e. The summed E-state index contributed by atoms with van der Waals surface area (Å²) in [7, 11) is 0. The fourth-order valence-electron chi connectivity index (χ4n) is 2.98. The van der Waals surface area contributed by atoms with Gasteiger partial charge in [0.1, 0.15) is 12.7 Å². The monoisotopic (exact) mass is 293 g/mol. The van der Waals surface area contributed by atoms with Crippen molar-refractivity contribution >= 4 is 11.9 Å². The number of rotatable bonds is 2. The van der Waals surface area contributed by atoms with Crippen LogP contribution in [0.4, 0.5) is 0 Å². The number of carbonyl (C=O) groups is 1. The number of aliphatic imine (C=N–C) groups is 1. The average Bonchev–Trinajstić information content (AvgIpc) is 2.97. The first-order valence-corrected chi connectivity index (χ1v) is 7.34. The molecule has 2 aromatic carbocycles. The molecule has 0 N–H and O–H groups in total. The van der Waals surface area contributed by atoms with E-state index in [9.17, 15) is 4.79 Å². The molecule has 110 valence electrons. The van der Waals surface area contributed by atoms with Gasteiger partial charge in [-0.1, -0.05) is 48.5 Å². The van der Waals surface area contributed by atoms with Crippen LogP contribution in [0, 0.1) is 5.92 Å². The highest BCUT2D eigenvalue weighted by atomic mass is 16.6. The van der Waals surface area contributed by atoms with Crippen LogP contribution in [0.3, 0.4) is 0 Å². The normalized spacial score (nSPS) is 26.6. The molecule has 1 fully saturated rings. The van der Waals surface area contributed by atoms with Crippen LogP contribution in [0.1, 0.15) is 17.2 Å². The third-order valence-corrected chi connectivity index (χ3v) is 4.10. The van der Waals surface area contributed by atoms with Crippen LogP contribution < -0.4 is 0 Å². The second-order valence-corrected chi connectivity index (χ2v) is 5.49. The molecule has 4 rings (SSSR count). The fraction of sp³-hybridized carbons (Fsp3) is 0.222. The van der Waals surface area contributed by atoms with Gasteiger partial charge in [-0.25, -0.2) is 9.79 Å². The number of cyclic esters (lactones) is 1. The zero-order chi connectivity index (χ0) is 14.9. The predicted molar refractivity (Wildman–Crippen MR) is 81.5 cm³/mol. The van der Waals surface area contributed by atoms with Crippen LogP contribution in [0.25, 0.3) is 0 Å². The van der Waals surface area contributed by atoms with Gasteiger partial charge in [-0.15, -0.1) is 0 Å². The second kappa shape index (κ2) is 5.30. The van der Waals surface area contributed by atoms with Crippen molar-refractivity contribution in [2.45, 2.75) is 12.1 Å². The summed E-state index contributed by atoms with van der Waals surface area (Å²) < 4.78 is 11.3. The molecule has 0 aromatic heterocycles.